The van der Waals surface area contributed by atoms with Gasteiger partial charge in [-0.05, 0) is 29.8 Å². The van der Waals surface area contributed by atoms with E-state index in [0.29, 0.717) is 5.69 Å². The number of benzene rings is 3. The molecule has 3 amide bonds. The van der Waals surface area contributed by atoms with E-state index in [1.54, 1.807) is 23.1 Å². The molecule has 206 valence electrons. The van der Waals surface area contributed by atoms with E-state index in [2.05, 4.69) is 5.32 Å². The van der Waals surface area contributed by atoms with Crippen molar-refractivity contribution in [3.8, 4) is 5.75 Å². The van der Waals surface area contributed by atoms with Crippen LogP contribution in [0.5, 0.6) is 5.75 Å². The maximum atomic E-state index is 14.1. The number of nitro benzene ring substituents is 2. The van der Waals surface area contributed by atoms with E-state index in [1.807, 2.05) is 18.2 Å². The monoisotopic (exact) mass is 555 g/mol. The van der Waals surface area contributed by atoms with Gasteiger partial charge in [0.2, 0.25) is 17.7 Å². The molecule has 0 bridgehead atoms. The van der Waals surface area contributed by atoms with Gasteiger partial charge in [0.05, 0.1) is 34.8 Å². The molecule has 4 atom stereocenters. The van der Waals surface area contributed by atoms with Crippen molar-refractivity contribution in [2.24, 2.45) is 11.8 Å². The lowest BCUT2D eigenvalue weighted by Gasteiger charge is -2.36. The number of fused-ring (bicyclic) bond motifs is 5. The Balaban J connectivity index is 1.43. The number of methoxy groups -OCH3 is 1. The maximum absolute atomic E-state index is 14.1. The molecule has 0 saturated carbocycles. The summed E-state index contributed by atoms with van der Waals surface area (Å²) in [5.41, 5.74) is 1.17. The summed E-state index contributed by atoms with van der Waals surface area (Å²) in [4.78, 5) is 65.9. The topological polar surface area (TPSA) is 165 Å². The van der Waals surface area contributed by atoms with Gasteiger partial charge >= 0.3 is 0 Å². The second-order valence-electron chi connectivity index (χ2n) is 9.73. The van der Waals surface area contributed by atoms with Gasteiger partial charge in [-0.2, -0.15) is 0 Å². The Morgan fingerprint density at radius 3 is 2.22 bits per heavy atom. The van der Waals surface area contributed by atoms with Gasteiger partial charge in [0.1, 0.15) is 17.5 Å². The minimum atomic E-state index is -1.14. The summed E-state index contributed by atoms with van der Waals surface area (Å²) < 4.78 is 5.32. The molecule has 0 aromatic heterocycles. The zero-order valence-corrected chi connectivity index (χ0v) is 21.4. The summed E-state index contributed by atoms with van der Waals surface area (Å²) in [5.74, 6) is -3.90. The quantitative estimate of drug-likeness (QED) is 0.272. The molecule has 3 aromatic carbocycles. The third-order valence-electron chi connectivity index (χ3n) is 7.64. The highest BCUT2D eigenvalue weighted by molar-refractivity contribution is 6.26. The van der Waals surface area contributed by atoms with Crippen LogP contribution in [0.3, 0.4) is 0 Å². The molecule has 2 fully saturated rings. The number of hydrogen-bond acceptors (Lipinski definition) is 9. The van der Waals surface area contributed by atoms with Crippen molar-refractivity contribution in [2.75, 3.05) is 22.2 Å². The first-order valence-electron chi connectivity index (χ1n) is 12.5. The van der Waals surface area contributed by atoms with E-state index in [9.17, 15) is 34.6 Å². The molecule has 0 aliphatic carbocycles. The van der Waals surface area contributed by atoms with Gasteiger partial charge in [-0.1, -0.05) is 30.4 Å². The van der Waals surface area contributed by atoms with Crippen LogP contribution >= 0.6 is 0 Å². The zero-order valence-electron chi connectivity index (χ0n) is 21.4. The van der Waals surface area contributed by atoms with Crippen molar-refractivity contribution in [2.45, 2.75) is 12.1 Å². The molecule has 3 aliphatic rings. The van der Waals surface area contributed by atoms with Crippen LogP contribution in [-0.4, -0.2) is 46.8 Å². The van der Waals surface area contributed by atoms with Crippen molar-refractivity contribution >= 4 is 52.2 Å². The number of carbonyl (C=O) groups is 3. The number of ether oxygens (including phenoxy) is 1. The van der Waals surface area contributed by atoms with Gasteiger partial charge in [-0.25, -0.2) is 4.90 Å². The fourth-order valence-electron chi connectivity index (χ4n) is 5.90. The first-order chi connectivity index (χ1) is 19.7. The van der Waals surface area contributed by atoms with Gasteiger partial charge < -0.3 is 15.0 Å². The second-order valence-corrected chi connectivity index (χ2v) is 9.73. The lowest BCUT2D eigenvalue weighted by Crippen LogP contribution is -2.50. The van der Waals surface area contributed by atoms with Crippen LogP contribution in [0, 0.1) is 32.1 Å². The van der Waals surface area contributed by atoms with E-state index in [4.69, 9.17) is 4.74 Å². The van der Waals surface area contributed by atoms with Gasteiger partial charge in [-0.3, -0.25) is 34.6 Å². The molecule has 0 spiro atoms. The predicted octanol–water partition coefficient (Wildman–Crippen LogP) is 3.54. The third-order valence-corrected chi connectivity index (χ3v) is 7.64. The lowest BCUT2D eigenvalue weighted by molar-refractivity contribution is -0.385. The second kappa shape index (κ2) is 9.55. The van der Waals surface area contributed by atoms with Crippen LogP contribution in [0.2, 0.25) is 0 Å². The highest BCUT2D eigenvalue weighted by Crippen LogP contribution is 2.50. The smallest absolute Gasteiger partial charge is 0.271 e. The highest BCUT2D eigenvalue weighted by atomic mass is 16.6. The highest BCUT2D eigenvalue weighted by Gasteiger charge is 2.64. The van der Waals surface area contributed by atoms with E-state index in [0.717, 1.165) is 16.5 Å². The Morgan fingerprint density at radius 1 is 0.878 bits per heavy atom. The molecule has 13 heteroatoms. The van der Waals surface area contributed by atoms with Gasteiger partial charge in [0, 0.05) is 35.6 Å². The molecule has 1 N–H and O–H groups in total. The molecule has 13 nitrogen and oxygen atoms in total. The van der Waals surface area contributed by atoms with Crippen molar-refractivity contribution in [1.82, 2.24) is 0 Å². The summed E-state index contributed by atoms with van der Waals surface area (Å²) in [6, 6.07) is 14.3. The Labute approximate surface area is 231 Å². The molecular formula is C28H21N5O8. The maximum Gasteiger partial charge on any atom is 0.271 e. The minimum Gasteiger partial charge on any atom is -0.495 e. The Bertz CT molecular complexity index is 1670. The first-order valence-corrected chi connectivity index (χ1v) is 12.5. The Kier molecular flexibility index (Phi) is 5.98. The number of carbonyl (C=O) groups excluding carboxylic acids is 3. The standard InChI is InChI=1S/C28H21N5O8/c1-41-22-13-11-18(33(39)40)14-21(22)31-27(35)23-20-12-6-15-4-2-3-5-19(15)30(20)25(24(23)28(31)36)26(34)29-16-7-9-17(10-8-16)32(37)38/h2-14,20,23-25H,1H3,(H,29,34)/t20-,23+,24+,25-/m0/s1. The van der Waals surface area contributed by atoms with Crippen LogP contribution in [-0.2, 0) is 14.4 Å². The molecule has 0 unspecified atom stereocenters. The fourth-order valence-corrected chi connectivity index (χ4v) is 5.90. The molecule has 3 heterocycles. The van der Waals surface area contributed by atoms with Crippen molar-refractivity contribution < 1.29 is 29.0 Å². The summed E-state index contributed by atoms with van der Waals surface area (Å²) in [5, 5.41) is 25.3. The number of imide groups is 1. The zero-order chi connectivity index (χ0) is 29.0. The average Bonchev–Trinajstić information content (AvgIpc) is 3.45. The predicted molar refractivity (Wildman–Crippen MR) is 146 cm³/mol. The number of non-ortho nitro benzene ring substituents is 2. The van der Waals surface area contributed by atoms with E-state index in [-0.39, 0.29) is 28.5 Å². The van der Waals surface area contributed by atoms with Crippen LogP contribution in [0.15, 0.2) is 72.8 Å². The lowest BCUT2D eigenvalue weighted by atomic mass is 9.88. The largest absolute Gasteiger partial charge is 0.495 e. The summed E-state index contributed by atoms with van der Waals surface area (Å²) >= 11 is 0. The number of amides is 3. The number of nitrogens with zero attached hydrogens (tertiary/aromatic N) is 4. The molecule has 3 aliphatic heterocycles. The Morgan fingerprint density at radius 2 is 1.54 bits per heavy atom. The summed E-state index contributed by atoms with van der Waals surface area (Å²) in [7, 11) is 1.32. The molecule has 41 heavy (non-hydrogen) atoms. The minimum absolute atomic E-state index is 0.0765. The summed E-state index contributed by atoms with van der Waals surface area (Å²) in [6.45, 7) is 0. The fraction of sp³-hybridized carbons (Fsp3) is 0.179. The first kappa shape index (κ1) is 25.7. The molecule has 2 saturated heterocycles. The van der Waals surface area contributed by atoms with E-state index in [1.165, 1.54) is 43.5 Å². The van der Waals surface area contributed by atoms with Crippen LogP contribution in [0.25, 0.3) is 6.08 Å². The normalized spacial score (nSPS) is 22.2. The number of para-hydroxylation sites is 1. The number of anilines is 3. The summed E-state index contributed by atoms with van der Waals surface area (Å²) in [6.07, 6.45) is 3.61. The van der Waals surface area contributed by atoms with Crippen molar-refractivity contribution in [1.29, 1.82) is 0 Å². The van der Waals surface area contributed by atoms with Crippen LogP contribution < -0.4 is 19.9 Å². The van der Waals surface area contributed by atoms with E-state index >= 15 is 0 Å². The SMILES string of the molecule is COc1ccc([N+](=O)[O-])cc1N1C(=O)[C@@H]2[C@H](C1=O)[C@@H]1C=Cc3ccccc3N1[C@@H]2C(=O)Nc1ccc([N+](=O)[O-])cc1. The molecule has 3 aromatic rings. The molecular weight excluding hydrogens is 534 g/mol. The number of nitrogens with one attached hydrogen (secondary N) is 1. The number of rotatable bonds is 6. The number of nitro groups is 2. The third kappa shape index (κ3) is 3.97. The van der Waals surface area contributed by atoms with Crippen LogP contribution in [0.4, 0.5) is 28.4 Å². The van der Waals surface area contributed by atoms with Crippen molar-refractivity contribution in [3.63, 3.8) is 0 Å². The van der Waals surface area contributed by atoms with E-state index < -0.39 is 51.5 Å². The van der Waals surface area contributed by atoms with Gasteiger partial charge in [-0.15, -0.1) is 0 Å². The van der Waals surface area contributed by atoms with Gasteiger partial charge in [0.25, 0.3) is 11.4 Å². The van der Waals surface area contributed by atoms with Crippen molar-refractivity contribution in [3.05, 3.63) is 98.6 Å². The number of hydrogen-bond donors (Lipinski definition) is 1. The van der Waals surface area contributed by atoms with Crippen LogP contribution in [0.1, 0.15) is 5.56 Å². The molecule has 6 rings (SSSR count). The Hall–Kier alpha value is -5.59. The van der Waals surface area contributed by atoms with Gasteiger partial charge in [0.15, 0.2) is 0 Å². The average molecular weight is 556 g/mol. The molecule has 0 radical (unpaired) electrons.